The summed E-state index contributed by atoms with van der Waals surface area (Å²) in [5.41, 5.74) is 5.78. The number of carbonyl (C=O) groups is 2. The number of ether oxygens (including phenoxy) is 1. The third-order valence-corrected chi connectivity index (χ3v) is 1.85. The fourth-order valence-electron chi connectivity index (χ4n) is 0.976. The molecule has 1 aromatic rings. The maximum absolute atomic E-state index is 10.8. The Hall–Kier alpha value is -2.55. The molecule has 17 heavy (non-hydrogen) atoms. The van der Waals surface area contributed by atoms with E-state index in [0.717, 1.165) is 6.20 Å². The van der Waals surface area contributed by atoms with E-state index in [1.54, 1.807) is 0 Å². The Morgan fingerprint density at radius 1 is 1.59 bits per heavy atom. The van der Waals surface area contributed by atoms with Crippen molar-refractivity contribution in [1.29, 1.82) is 0 Å². The van der Waals surface area contributed by atoms with Crippen LogP contribution in [0.2, 0.25) is 0 Å². The molecule has 0 saturated heterocycles. The second-order valence-electron chi connectivity index (χ2n) is 3.02. The molecular weight excluding hydrogens is 224 g/mol. The van der Waals surface area contributed by atoms with Gasteiger partial charge in [0, 0.05) is 6.20 Å². The highest BCUT2D eigenvalue weighted by atomic mass is 16.5. The number of pyridine rings is 1. The molecule has 0 radical (unpaired) electrons. The number of hydrogen-bond acceptors (Lipinski definition) is 5. The maximum atomic E-state index is 10.8. The molecule has 0 saturated carbocycles. The molecule has 0 aliphatic carbocycles. The van der Waals surface area contributed by atoms with Crippen LogP contribution in [0.5, 0.6) is 0 Å². The van der Waals surface area contributed by atoms with E-state index in [-0.39, 0.29) is 23.4 Å². The lowest BCUT2D eigenvalue weighted by Crippen LogP contribution is -2.02. The molecule has 3 N–H and O–H groups in total. The van der Waals surface area contributed by atoms with Crippen LogP contribution in [-0.2, 0) is 9.53 Å². The van der Waals surface area contributed by atoms with Crippen LogP contribution in [0.15, 0.2) is 12.3 Å². The molecule has 0 bridgehead atoms. The van der Waals surface area contributed by atoms with Crippen molar-refractivity contribution in [3.63, 3.8) is 0 Å². The lowest BCUT2D eigenvalue weighted by atomic mass is 10.2. The van der Waals surface area contributed by atoms with Crippen molar-refractivity contribution in [2.75, 3.05) is 12.8 Å². The molecule has 0 aromatic carbocycles. The molecule has 88 valence electrons. The van der Waals surface area contributed by atoms with Gasteiger partial charge in [0.25, 0.3) is 0 Å². The van der Waals surface area contributed by atoms with E-state index in [9.17, 15) is 9.59 Å². The SMILES string of the molecule is COC(=O)CC#Cc1cc(C(=O)O)cnc1N. The van der Waals surface area contributed by atoms with Crippen LogP contribution in [0.3, 0.4) is 0 Å². The van der Waals surface area contributed by atoms with E-state index >= 15 is 0 Å². The number of methoxy groups -OCH3 is 1. The van der Waals surface area contributed by atoms with Crippen LogP contribution in [0.1, 0.15) is 22.3 Å². The van der Waals surface area contributed by atoms with Gasteiger partial charge >= 0.3 is 11.9 Å². The van der Waals surface area contributed by atoms with Gasteiger partial charge in [0.05, 0.1) is 18.2 Å². The summed E-state index contributed by atoms with van der Waals surface area (Å²) in [4.78, 5) is 25.2. The van der Waals surface area contributed by atoms with Gasteiger partial charge in [0.15, 0.2) is 0 Å². The number of carboxylic acids is 1. The largest absolute Gasteiger partial charge is 0.478 e. The summed E-state index contributed by atoms with van der Waals surface area (Å²) in [5.74, 6) is 3.62. The maximum Gasteiger partial charge on any atom is 0.337 e. The van der Waals surface area contributed by atoms with Crippen LogP contribution >= 0.6 is 0 Å². The van der Waals surface area contributed by atoms with E-state index in [0.29, 0.717) is 0 Å². The normalized spacial score (nSPS) is 9.00. The van der Waals surface area contributed by atoms with E-state index in [2.05, 4.69) is 21.6 Å². The Labute approximate surface area is 97.4 Å². The first-order valence-corrected chi connectivity index (χ1v) is 4.59. The lowest BCUT2D eigenvalue weighted by molar-refractivity contribution is -0.139. The second-order valence-corrected chi connectivity index (χ2v) is 3.02. The van der Waals surface area contributed by atoms with Gasteiger partial charge in [-0.3, -0.25) is 4.79 Å². The standard InChI is InChI=1S/C11H10N2O4/c1-17-9(14)4-2-3-7-5-8(11(15)16)6-13-10(7)12/h5-6H,4H2,1H3,(H2,12,13)(H,15,16). The van der Waals surface area contributed by atoms with Crippen molar-refractivity contribution in [3.8, 4) is 11.8 Å². The third kappa shape index (κ3) is 3.50. The predicted octanol–water partition coefficient (Wildman–Crippen LogP) is 0.277. The zero-order chi connectivity index (χ0) is 12.8. The van der Waals surface area contributed by atoms with Crippen LogP contribution in [0.4, 0.5) is 5.82 Å². The summed E-state index contributed by atoms with van der Waals surface area (Å²) in [7, 11) is 1.25. The number of anilines is 1. The predicted molar refractivity (Wildman–Crippen MR) is 59.1 cm³/mol. The average molecular weight is 234 g/mol. The van der Waals surface area contributed by atoms with Crippen molar-refractivity contribution in [2.45, 2.75) is 6.42 Å². The number of carboxylic acid groups (broad SMARTS) is 1. The minimum atomic E-state index is -1.12. The van der Waals surface area contributed by atoms with Gasteiger partial charge in [-0.2, -0.15) is 0 Å². The van der Waals surface area contributed by atoms with Crippen LogP contribution < -0.4 is 5.73 Å². The lowest BCUT2D eigenvalue weighted by Gasteiger charge is -1.98. The van der Waals surface area contributed by atoms with Gasteiger partial charge < -0.3 is 15.6 Å². The van der Waals surface area contributed by atoms with E-state index in [4.69, 9.17) is 10.8 Å². The molecule has 0 spiro atoms. The van der Waals surface area contributed by atoms with E-state index < -0.39 is 11.9 Å². The van der Waals surface area contributed by atoms with Crippen molar-refractivity contribution in [2.24, 2.45) is 0 Å². The number of carbonyl (C=O) groups excluding carboxylic acids is 1. The number of aromatic nitrogens is 1. The van der Waals surface area contributed by atoms with Crippen molar-refractivity contribution in [3.05, 3.63) is 23.4 Å². The number of esters is 1. The zero-order valence-corrected chi connectivity index (χ0v) is 9.06. The summed E-state index contributed by atoms with van der Waals surface area (Å²) in [6.07, 6.45) is 1.05. The number of rotatable bonds is 2. The highest BCUT2D eigenvalue weighted by Gasteiger charge is 2.06. The second kappa shape index (κ2) is 5.51. The fourth-order valence-corrected chi connectivity index (χ4v) is 0.976. The van der Waals surface area contributed by atoms with Gasteiger partial charge in [0.2, 0.25) is 0 Å². The first-order chi connectivity index (χ1) is 8.04. The fraction of sp³-hybridized carbons (Fsp3) is 0.182. The Morgan fingerprint density at radius 3 is 2.88 bits per heavy atom. The van der Waals surface area contributed by atoms with E-state index in [1.807, 2.05) is 0 Å². The number of hydrogen-bond donors (Lipinski definition) is 2. The Bertz CT molecular complexity index is 514. The molecule has 0 aliphatic heterocycles. The van der Waals surface area contributed by atoms with Gasteiger partial charge in [-0.25, -0.2) is 9.78 Å². The Balaban J connectivity index is 2.93. The number of nitrogens with zero attached hydrogens (tertiary/aromatic N) is 1. The molecule has 1 heterocycles. The molecule has 0 fully saturated rings. The topological polar surface area (TPSA) is 103 Å². The quantitative estimate of drug-likeness (QED) is 0.562. The third-order valence-electron chi connectivity index (χ3n) is 1.85. The first-order valence-electron chi connectivity index (χ1n) is 4.59. The molecule has 1 aromatic heterocycles. The number of nitrogens with two attached hydrogens (primary N) is 1. The summed E-state index contributed by atoms with van der Waals surface area (Å²) in [6.45, 7) is 0. The Kier molecular flexibility index (Phi) is 4.06. The average Bonchev–Trinajstić information content (AvgIpc) is 2.30. The highest BCUT2D eigenvalue weighted by molar-refractivity contribution is 5.88. The van der Waals surface area contributed by atoms with Crippen molar-refractivity contribution >= 4 is 17.8 Å². The molecule has 1 rings (SSSR count). The minimum Gasteiger partial charge on any atom is -0.478 e. The molecule has 6 heteroatoms. The summed E-state index contributed by atoms with van der Waals surface area (Å²) >= 11 is 0. The Morgan fingerprint density at radius 2 is 2.29 bits per heavy atom. The summed E-state index contributed by atoms with van der Waals surface area (Å²) in [5, 5.41) is 8.75. The van der Waals surface area contributed by atoms with Crippen molar-refractivity contribution < 1.29 is 19.4 Å². The van der Waals surface area contributed by atoms with Crippen molar-refractivity contribution in [1.82, 2.24) is 4.98 Å². The molecular formula is C11H10N2O4. The van der Waals surface area contributed by atoms with E-state index in [1.165, 1.54) is 13.2 Å². The van der Waals surface area contributed by atoms with Crippen LogP contribution in [0, 0.1) is 11.8 Å². The monoisotopic (exact) mass is 234 g/mol. The highest BCUT2D eigenvalue weighted by Crippen LogP contribution is 2.09. The minimum absolute atomic E-state index is 0.0124. The van der Waals surface area contributed by atoms with Gasteiger partial charge in [-0.05, 0) is 6.07 Å². The molecule has 0 atom stereocenters. The van der Waals surface area contributed by atoms with Gasteiger partial charge in [-0.1, -0.05) is 11.8 Å². The molecule has 6 nitrogen and oxygen atoms in total. The van der Waals surface area contributed by atoms with Gasteiger partial charge in [-0.15, -0.1) is 0 Å². The number of nitrogen functional groups attached to an aromatic ring is 1. The molecule has 0 unspecified atom stereocenters. The van der Waals surface area contributed by atoms with Crippen LogP contribution in [0.25, 0.3) is 0 Å². The molecule has 0 amide bonds. The summed E-state index contributed by atoms with van der Waals surface area (Å²) in [6, 6.07) is 1.30. The van der Waals surface area contributed by atoms with Gasteiger partial charge in [0.1, 0.15) is 12.2 Å². The number of aromatic carboxylic acids is 1. The zero-order valence-electron chi connectivity index (χ0n) is 9.06. The summed E-state index contributed by atoms with van der Waals surface area (Å²) < 4.78 is 4.40. The van der Waals surface area contributed by atoms with Crippen LogP contribution in [-0.4, -0.2) is 29.1 Å². The molecule has 0 aliphatic rings. The first kappa shape index (κ1) is 12.5. The smallest absolute Gasteiger partial charge is 0.337 e.